The molecule has 0 radical (unpaired) electrons. The fourth-order valence-electron chi connectivity index (χ4n) is 3.19. The van der Waals surface area contributed by atoms with Gasteiger partial charge >= 0.3 is 6.03 Å². The highest BCUT2D eigenvalue weighted by atomic mass is 16.2. The van der Waals surface area contributed by atoms with Gasteiger partial charge in [-0.15, -0.1) is 0 Å². The number of nitrogens with zero attached hydrogens (tertiary/aromatic N) is 4. The summed E-state index contributed by atoms with van der Waals surface area (Å²) in [6.45, 7) is 7.20. The molecule has 1 aliphatic heterocycles. The molecule has 0 bridgehead atoms. The van der Waals surface area contributed by atoms with Gasteiger partial charge in [-0.3, -0.25) is 0 Å². The van der Waals surface area contributed by atoms with E-state index in [9.17, 15) is 4.79 Å². The van der Waals surface area contributed by atoms with Crippen LogP contribution in [0.1, 0.15) is 24.7 Å². The van der Waals surface area contributed by atoms with Crippen molar-refractivity contribution in [1.29, 1.82) is 0 Å². The molecule has 134 valence electrons. The molecule has 1 atom stereocenters. The topological polar surface area (TPSA) is 75.1 Å². The largest absolute Gasteiger partial charge is 0.370 e. The third-order valence-corrected chi connectivity index (χ3v) is 4.56. The standard InChI is InChI=1S/C18H26N6O/c1-3-23(16-6-4-5-14(2)11-16)10-9-19-18(25)22-15-7-8-17-20-13-21-24(17)12-15/h4-6,11,13,15H,3,7-10,12H2,1-2H3,(H2,19,22,25)/t15-/m0/s1. The second-order valence-electron chi connectivity index (χ2n) is 6.41. The van der Waals surface area contributed by atoms with Crippen LogP contribution in [0.5, 0.6) is 0 Å². The first-order valence-corrected chi connectivity index (χ1v) is 8.88. The summed E-state index contributed by atoms with van der Waals surface area (Å²) >= 11 is 0. The van der Waals surface area contributed by atoms with Crippen LogP contribution >= 0.6 is 0 Å². The normalized spacial score (nSPS) is 16.2. The maximum atomic E-state index is 12.1. The SMILES string of the molecule is CCN(CCNC(=O)N[C@H]1CCc2ncnn2C1)c1cccc(C)c1. The second-order valence-corrected chi connectivity index (χ2v) is 6.41. The number of aromatic nitrogens is 3. The van der Waals surface area contributed by atoms with Crippen LogP contribution < -0.4 is 15.5 Å². The average Bonchev–Trinajstić information content (AvgIpc) is 3.06. The lowest BCUT2D eigenvalue weighted by molar-refractivity contribution is 0.232. The number of benzene rings is 1. The van der Waals surface area contributed by atoms with Gasteiger partial charge in [0.25, 0.3) is 0 Å². The first-order valence-electron chi connectivity index (χ1n) is 8.88. The third kappa shape index (κ3) is 4.49. The number of nitrogens with one attached hydrogen (secondary N) is 2. The molecule has 1 aromatic heterocycles. The van der Waals surface area contributed by atoms with Gasteiger partial charge in [-0.25, -0.2) is 14.5 Å². The lowest BCUT2D eigenvalue weighted by atomic mass is 10.1. The summed E-state index contributed by atoms with van der Waals surface area (Å²) in [6.07, 6.45) is 3.32. The lowest BCUT2D eigenvalue weighted by Crippen LogP contribution is -2.47. The van der Waals surface area contributed by atoms with Gasteiger partial charge in [-0.05, 0) is 38.0 Å². The summed E-state index contributed by atoms with van der Waals surface area (Å²) in [6, 6.07) is 8.42. The molecule has 7 nitrogen and oxygen atoms in total. The molecule has 1 aromatic carbocycles. The van der Waals surface area contributed by atoms with E-state index in [-0.39, 0.29) is 12.1 Å². The van der Waals surface area contributed by atoms with Gasteiger partial charge in [0.05, 0.1) is 12.6 Å². The monoisotopic (exact) mass is 342 g/mol. The first-order chi connectivity index (χ1) is 12.2. The number of fused-ring (bicyclic) bond motifs is 1. The number of carbonyl (C=O) groups excluding carboxylic acids is 1. The Balaban J connectivity index is 1.43. The molecular weight excluding hydrogens is 316 g/mol. The van der Waals surface area contributed by atoms with Gasteiger partial charge in [-0.1, -0.05) is 12.1 Å². The molecule has 2 aromatic rings. The first kappa shape index (κ1) is 17.3. The number of aryl methyl sites for hydroxylation is 2. The maximum absolute atomic E-state index is 12.1. The lowest BCUT2D eigenvalue weighted by Gasteiger charge is -2.25. The fourth-order valence-corrected chi connectivity index (χ4v) is 3.19. The minimum atomic E-state index is -0.117. The molecule has 2 heterocycles. The molecule has 7 heteroatoms. The molecule has 3 rings (SSSR count). The van der Waals surface area contributed by atoms with E-state index in [0.717, 1.165) is 31.8 Å². The van der Waals surface area contributed by atoms with Crippen molar-refractivity contribution in [3.63, 3.8) is 0 Å². The van der Waals surface area contributed by atoms with Crippen molar-refractivity contribution in [3.8, 4) is 0 Å². The highest BCUT2D eigenvalue weighted by molar-refractivity contribution is 5.74. The Kier molecular flexibility index (Phi) is 5.53. The van der Waals surface area contributed by atoms with Crippen LogP contribution in [0.2, 0.25) is 0 Å². The summed E-state index contributed by atoms with van der Waals surface area (Å²) in [5, 5.41) is 10.2. The minimum absolute atomic E-state index is 0.105. The Bertz CT molecular complexity index is 713. The summed E-state index contributed by atoms with van der Waals surface area (Å²) < 4.78 is 1.87. The van der Waals surface area contributed by atoms with Crippen molar-refractivity contribution in [1.82, 2.24) is 25.4 Å². The van der Waals surface area contributed by atoms with Gasteiger partial charge in [0.1, 0.15) is 12.2 Å². The Morgan fingerprint density at radius 1 is 1.44 bits per heavy atom. The Labute approximate surface area is 148 Å². The molecule has 0 saturated heterocycles. The predicted octanol–water partition coefficient (Wildman–Crippen LogP) is 1.73. The number of rotatable bonds is 6. The molecule has 2 N–H and O–H groups in total. The quantitative estimate of drug-likeness (QED) is 0.838. The maximum Gasteiger partial charge on any atom is 0.315 e. The van der Waals surface area contributed by atoms with Crippen molar-refractivity contribution in [2.45, 2.75) is 39.3 Å². The van der Waals surface area contributed by atoms with E-state index in [1.165, 1.54) is 11.3 Å². The Morgan fingerprint density at radius 2 is 2.32 bits per heavy atom. The van der Waals surface area contributed by atoms with E-state index in [0.29, 0.717) is 13.1 Å². The van der Waals surface area contributed by atoms with Crippen molar-refractivity contribution >= 4 is 11.7 Å². The van der Waals surface area contributed by atoms with E-state index >= 15 is 0 Å². The smallest absolute Gasteiger partial charge is 0.315 e. The second kappa shape index (κ2) is 8.00. The van der Waals surface area contributed by atoms with Crippen LogP contribution in [0.4, 0.5) is 10.5 Å². The average molecular weight is 342 g/mol. The van der Waals surface area contributed by atoms with Crippen molar-refractivity contribution in [2.24, 2.45) is 0 Å². The number of hydrogen-bond acceptors (Lipinski definition) is 4. The molecule has 0 fully saturated rings. The zero-order valence-corrected chi connectivity index (χ0v) is 14.9. The highest BCUT2D eigenvalue weighted by Gasteiger charge is 2.21. The molecule has 2 amide bonds. The number of carbonyl (C=O) groups is 1. The zero-order valence-electron chi connectivity index (χ0n) is 14.9. The highest BCUT2D eigenvalue weighted by Crippen LogP contribution is 2.15. The molecule has 1 aliphatic rings. The summed E-state index contributed by atoms with van der Waals surface area (Å²) in [5.41, 5.74) is 2.43. The van der Waals surface area contributed by atoms with Crippen LogP contribution in [-0.4, -0.2) is 46.5 Å². The number of anilines is 1. The molecule has 0 saturated carbocycles. The van der Waals surface area contributed by atoms with E-state index in [2.05, 4.69) is 63.7 Å². The van der Waals surface area contributed by atoms with Gasteiger partial charge in [0.2, 0.25) is 0 Å². The summed E-state index contributed by atoms with van der Waals surface area (Å²) in [7, 11) is 0. The van der Waals surface area contributed by atoms with Crippen LogP contribution in [0.25, 0.3) is 0 Å². The van der Waals surface area contributed by atoms with Crippen LogP contribution in [0, 0.1) is 6.92 Å². The van der Waals surface area contributed by atoms with Crippen molar-refractivity contribution in [2.75, 3.05) is 24.5 Å². The van der Waals surface area contributed by atoms with Gasteiger partial charge in [0, 0.05) is 31.7 Å². The molecular formula is C18H26N6O. The minimum Gasteiger partial charge on any atom is -0.370 e. The third-order valence-electron chi connectivity index (χ3n) is 4.56. The molecule has 0 spiro atoms. The van der Waals surface area contributed by atoms with E-state index in [1.807, 2.05) is 4.68 Å². The molecule has 25 heavy (non-hydrogen) atoms. The van der Waals surface area contributed by atoms with E-state index < -0.39 is 0 Å². The van der Waals surface area contributed by atoms with Gasteiger partial charge < -0.3 is 15.5 Å². The van der Waals surface area contributed by atoms with Gasteiger partial charge in [0.15, 0.2) is 0 Å². The van der Waals surface area contributed by atoms with Crippen LogP contribution in [0.15, 0.2) is 30.6 Å². The van der Waals surface area contributed by atoms with Crippen LogP contribution in [0.3, 0.4) is 0 Å². The van der Waals surface area contributed by atoms with E-state index in [1.54, 1.807) is 6.33 Å². The Hall–Kier alpha value is -2.57. The van der Waals surface area contributed by atoms with Crippen LogP contribution in [-0.2, 0) is 13.0 Å². The number of urea groups is 1. The van der Waals surface area contributed by atoms with E-state index in [4.69, 9.17) is 0 Å². The fraction of sp³-hybridized carbons (Fsp3) is 0.500. The zero-order chi connectivity index (χ0) is 17.6. The van der Waals surface area contributed by atoms with Gasteiger partial charge in [-0.2, -0.15) is 5.10 Å². The number of hydrogen-bond donors (Lipinski definition) is 2. The number of amides is 2. The van der Waals surface area contributed by atoms with Crippen molar-refractivity contribution in [3.05, 3.63) is 42.0 Å². The molecule has 0 aliphatic carbocycles. The van der Waals surface area contributed by atoms with Crippen molar-refractivity contribution < 1.29 is 4.79 Å². The Morgan fingerprint density at radius 3 is 3.12 bits per heavy atom. The molecule has 0 unspecified atom stereocenters. The summed E-state index contributed by atoms with van der Waals surface area (Å²) in [5.74, 6) is 0.996. The summed E-state index contributed by atoms with van der Waals surface area (Å²) in [4.78, 5) is 18.6. The number of likely N-dealkylation sites (N-methyl/N-ethyl adjacent to an activating group) is 1. The predicted molar refractivity (Wildman–Crippen MR) is 97.7 cm³/mol.